The first kappa shape index (κ1) is 25.9. The fourth-order valence-corrected chi connectivity index (χ4v) is 4.54. The summed E-state index contributed by atoms with van der Waals surface area (Å²) in [5, 5.41) is 8.82. The van der Waals surface area contributed by atoms with Crippen LogP contribution in [0.1, 0.15) is 23.1 Å². The number of amides is 4. The fourth-order valence-electron chi connectivity index (χ4n) is 4.54. The van der Waals surface area contributed by atoms with Gasteiger partial charge in [-0.2, -0.15) is 0 Å². The summed E-state index contributed by atoms with van der Waals surface area (Å²) in [5.74, 6) is 0.606. The molecule has 0 aliphatic carbocycles. The van der Waals surface area contributed by atoms with E-state index in [1.807, 2.05) is 86.3 Å². The highest BCUT2D eigenvalue weighted by Crippen LogP contribution is 2.26. The fraction of sp³-hybridized carbons (Fsp3) is 0.310. The molecule has 3 aromatic rings. The third-order valence-corrected chi connectivity index (χ3v) is 6.59. The van der Waals surface area contributed by atoms with E-state index < -0.39 is 0 Å². The van der Waals surface area contributed by atoms with E-state index in [0.717, 1.165) is 47.6 Å². The number of aryl methyl sites for hydroxylation is 3. The van der Waals surface area contributed by atoms with Crippen LogP contribution in [0.25, 0.3) is 0 Å². The molecule has 1 heterocycles. The highest BCUT2D eigenvalue weighted by atomic mass is 16.5. The zero-order chi connectivity index (χ0) is 26.4. The zero-order valence-electron chi connectivity index (χ0n) is 21.9. The Bertz CT molecular complexity index is 1240. The summed E-state index contributed by atoms with van der Waals surface area (Å²) in [6.07, 6.45) is 0.876. The van der Waals surface area contributed by atoms with Crippen molar-refractivity contribution >= 4 is 34.8 Å². The minimum atomic E-state index is -0.336. The maximum atomic E-state index is 12.9. The zero-order valence-corrected chi connectivity index (χ0v) is 21.9. The average molecular weight is 502 g/mol. The first-order valence-corrected chi connectivity index (χ1v) is 12.5. The van der Waals surface area contributed by atoms with Crippen LogP contribution >= 0.6 is 0 Å². The van der Waals surface area contributed by atoms with Crippen molar-refractivity contribution in [1.82, 2.24) is 4.90 Å². The lowest BCUT2D eigenvalue weighted by atomic mass is 10.1. The number of ether oxygens (including phenoxy) is 1. The summed E-state index contributed by atoms with van der Waals surface area (Å²) in [4.78, 5) is 29.6. The molecular formula is C29H35N5O3. The Morgan fingerprint density at radius 1 is 0.811 bits per heavy atom. The van der Waals surface area contributed by atoms with Gasteiger partial charge in [-0.25, -0.2) is 9.59 Å². The van der Waals surface area contributed by atoms with E-state index >= 15 is 0 Å². The van der Waals surface area contributed by atoms with Crippen LogP contribution in [-0.4, -0.2) is 50.3 Å². The van der Waals surface area contributed by atoms with Crippen LogP contribution in [0.3, 0.4) is 0 Å². The third-order valence-electron chi connectivity index (χ3n) is 6.59. The van der Waals surface area contributed by atoms with Gasteiger partial charge in [-0.05, 0) is 80.3 Å². The normalized spacial score (nSPS) is 13.5. The molecular weight excluding hydrogens is 466 g/mol. The van der Waals surface area contributed by atoms with E-state index in [0.29, 0.717) is 30.2 Å². The predicted molar refractivity (Wildman–Crippen MR) is 150 cm³/mol. The molecule has 0 saturated carbocycles. The standard InChI is InChI=1S/C29H35N5O3/c1-20-9-14-26(37-4)25(19-20)31-28(35)30-23-10-12-24(13-11-23)33-15-6-16-34(18-17-33)29(36)32-27-21(2)7-5-8-22(27)3/h5,7-14,19H,6,15-18H2,1-4H3,(H,32,36)(H2,30,31,35). The van der Waals surface area contributed by atoms with Gasteiger partial charge in [0.2, 0.25) is 0 Å². The van der Waals surface area contributed by atoms with Crippen LogP contribution < -0.4 is 25.6 Å². The van der Waals surface area contributed by atoms with E-state index in [1.54, 1.807) is 7.11 Å². The molecule has 3 N–H and O–H groups in total. The lowest BCUT2D eigenvalue weighted by Gasteiger charge is -2.24. The van der Waals surface area contributed by atoms with Crippen molar-refractivity contribution < 1.29 is 14.3 Å². The third kappa shape index (κ3) is 6.52. The van der Waals surface area contributed by atoms with Crippen molar-refractivity contribution in [3.8, 4) is 5.75 Å². The summed E-state index contributed by atoms with van der Waals surface area (Å²) in [5.41, 5.74) is 6.41. The Hall–Kier alpha value is -4.20. The number of rotatable bonds is 5. The van der Waals surface area contributed by atoms with Gasteiger partial charge >= 0.3 is 12.1 Å². The number of urea groups is 2. The summed E-state index contributed by atoms with van der Waals surface area (Å²) < 4.78 is 5.33. The molecule has 0 atom stereocenters. The number of carbonyl (C=O) groups excluding carboxylic acids is 2. The van der Waals surface area contributed by atoms with Crippen LogP contribution in [0, 0.1) is 20.8 Å². The number of hydrogen-bond donors (Lipinski definition) is 3. The first-order chi connectivity index (χ1) is 17.8. The smallest absolute Gasteiger partial charge is 0.323 e. The summed E-state index contributed by atoms with van der Waals surface area (Å²) >= 11 is 0. The Morgan fingerprint density at radius 3 is 2.24 bits per heavy atom. The number of benzene rings is 3. The minimum Gasteiger partial charge on any atom is -0.495 e. The molecule has 0 bridgehead atoms. The molecule has 0 unspecified atom stereocenters. The van der Waals surface area contributed by atoms with Crippen molar-refractivity contribution in [2.24, 2.45) is 0 Å². The monoisotopic (exact) mass is 501 g/mol. The SMILES string of the molecule is COc1ccc(C)cc1NC(=O)Nc1ccc(N2CCCN(C(=O)Nc3c(C)cccc3C)CC2)cc1. The van der Waals surface area contributed by atoms with Crippen LogP contribution in [0.5, 0.6) is 5.75 Å². The maximum absolute atomic E-state index is 12.9. The number of nitrogens with zero attached hydrogens (tertiary/aromatic N) is 2. The Morgan fingerprint density at radius 2 is 1.54 bits per heavy atom. The van der Waals surface area contributed by atoms with Gasteiger partial charge in [-0.3, -0.25) is 0 Å². The molecule has 4 rings (SSSR count). The van der Waals surface area contributed by atoms with Crippen molar-refractivity contribution in [3.05, 3.63) is 77.4 Å². The van der Waals surface area contributed by atoms with Crippen LogP contribution in [0.4, 0.5) is 32.3 Å². The van der Waals surface area contributed by atoms with Gasteiger partial charge in [0.15, 0.2) is 0 Å². The summed E-state index contributed by atoms with van der Waals surface area (Å²) in [6.45, 7) is 8.91. The molecule has 0 radical (unpaired) electrons. The van der Waals surface area contributed by atoms with Gasteiger partial charge < -0.3 is 30.5 Å². The van der Waals surface area contributed by atoms with E-state index in [-0.39, 0.29) is 12.1 Å². The first-order valence-electron chi connectivity index (χ1n) is 12.5. The average Bonchev–Trinajstić information content (AvgIpc) is 3.13. The molecule has 1 aliphatic rings. The number of nitrogens with one attached hydrogen (secondary N) is 3. The van der Waals surface area contributed by atoms with E-state index in [9.17, 15) is 9.59 Å². The van der Waals surface area contributed by atoms with Gasteiger partial charge in [-0.1, -0.05) is 24.3 Å². The largest absolute Gasteiger partial charge is 0.495 e. The van der Waals surface area contributed by atoms with Gasteiger partial charge in [0.05, 0.1) is 12.8 Å². The number of hydrogen-bond acceptors (Lipinski definition) is 4. The second-order valence-electron chi connectivity index (χ2n) is 9.35. The summed E-state index contributed by atoms with van der Waals surface area (Å²) in [6, 6.07) is 19.0. The highest BCUT2D eigenvalue weighted by molar-refractivity contribution is 6.00. The number of carbonyl (C=O) groups is 2. The van der Waals surface area contributed by atoms with Crippen LogP contribution in [0.15, 0.2) is 60.7 Å². The topological polar surface area (TPSA) is 85.9 Å². The lowest BCUT2D eigenvalue weighted by Crippen LogP contribution is -2.38. The summed E-state index contributed by atoms with van der Waals surface area (Å²) in [7, 11) is 1.58. The van der Waals surface area contributed by atoms with Crippen molar-refractivity contribution in [1.29, 1.82) is 0 Å². The van der Waals surface area contributed by atoms with Gasteiger partial charge in [0.25, 0.3) is 0 Å². The molecule has 8 nitrogen and oxygen atoms in total. The molecule has 4 amide bonds. The van der Waals surface area contributed by atoms with Crippen LogP contribution in [-0.2, 0) is 0 Å². The molecule has 1 saturated heterocycles. The quantitative estimate of drug-likeness (QED) is 0.400. The molecule has 194 valence electrons. The number of para-hydroxylation sites is 1. The van der Waals surface area contributed by atoms with Crippen LogP contribution in [0.2, 0.25) is 0 Å². The molecule has 8 heteroatoms. The molecule has 37 heavy (non-hydrogen) atoms. The van der Waals surface area contributed by atoms with Crippen molar-refractivity contribution in [3.63, 3.8) is 0 Å². The van der Waals surface area contributed by atoms with Crippen molar-refractivity contribution in [2.45, 2.75) is 27.2 Å². The molecule has 1 fully saturated rings. The van der Waals surface area contributed by atoms with E-state index in [4.69, 9.17) is 4.74 Å². The minimum absolute atomic E-state index is 0.0601. The molecule has 0 spiro atoms. The van der Waals surface area contributed by atoms with E-state index in [1.165, 1.54) is 0 Å². The molecule has 0 aromatic heterocycles. The number of anilines is 4. The van der Waals surface area contributed by atoms with Crippen molar-refractivity contribution in [2.75, 3.05) is 54.1 Å². The predicted octanol–water partition coefficient (Wildman–Crippen LogP) is 6.01. The van der Waals surface area contributed by atoms with E-state index in [2.05, 4.69) is 20.9 Å². The lowest BCUT2D eigenvalue weighted by molar-refractivity contribution is 0.215. The Balaban J connectivity index is 1.32. The second kappa shape index (κ2) is 11.7. The Kier molecular flexibility index (Phi) is 8.18. The highest BCUT2D eigenvalue weighted by Gasteiger charge is 2.20. The second-order valence-corrected chi connectivity index (χ2v) is 9.35. The number of methoxy groups -OCH3 is 1. The molecule has 3 aromatic carbocycles. The van der Waals surface area contributed by atoms with Gasteiger partial charge in [0, 0.05) is 43.2 Å². The molecule has 1 aliphatic heterocycles. The maximum Gasteiger partial charge on any atom is 0.323 e. The van der Waals surface area contributed by atoms with Gasteiger partial charge in [-0.15, -0.1) is 0 Å². The Labute approximate surface area is 218 Å². The van der Waals surface area contributed by atoms with Gasteiger partial charge in [0.1, 0.15) is 5.75 Å².